The largest absolute Gasteiger partial charge is 0.314 e. The van der Waals surface area contributed by atoms with E-state index in [0.29, 0.717) is 0 Å². The van der Waals surface area contributed by atoms with Crippen LogP contribution in [0.3, 0.4) is 0 Å². The third kappa shape index (κ3) is 1.44. The summed E-state index contributed by atoms with van der Waals surface area (Å²) in [6.45, 7) is 1.95. The molecule has 0 radical (unpaired) electrons. The lowest BCUT2D eigenvalue weighted by atomic mass is 9.88. The molecule has 2 rings (SSSR count). The van der Waals surface area contributed by atoms with Gasteiger partial charge in [0.2, 0.25) is 0 Å². The molecule has 1 heterocycles. The van der Waals surface area contributed by atoms with E-state index in [9.17, 15) is 4.21 Å². The van der Waals surface area contributed by atoms with Crippen LogP contribution in [0.15, 0.2) is 0 Å². The van der Waals surface area contributed by atoms with Crippen LogP contribution in [0.1, 0.15) is 32.1 Å². The molecule has 1 aliphatic heterocycles. The van der Waals surface area contributed by atoms with Gasteiger partial charge in [-0.2, -0.15) is 0 Å². The number of nitrogens with one attached hydrogen (secondary N) is 1. The molecule has 3 heteroatoms. The summed E-state index contributed by atoms with van der Waals surface area (Å²) in [5.41, 5.74) is 0. The van der Waals surface area contributed by atoms with Gasteiger partial charge in [-0.25, -0.2) is 0 Å². The first kappa shape index (κ1) is 8.70. The van der Waals surface area contributed by atoms with Gasteiger partial charge in [-0.1, -0.05) is 19.3 Å². The van der Waals surface area contributed by atoms with Crippen molar-refractivity contribution < 1.29 is 4.21 Å². The second kappa shape index (κ2) is 3.46. The van der Waals surface area contributed by atoms with Crippen LogP contribution in [-0.4, -0.2) is 27.8 Å². The summed E-state index contributed by atoms with van der Waals surface area (Å²) in [6, 6.07) is 0. The van der Waals surface area contributed by atoms with E-state index >= 15 is 0 Å². The van der Waals surface area contributed by atoms with Crippen LogP contribution in [0.2, 0.25) is 0 Å². The van der Waals surface area contributed by atoms with Crippen molar-refractivity contribution in [3.05, 3.63) is 0 Å². The van der Waals surface area contributed by atoms with E-state index in [4.69, 9.17) is 0 Å². The second-order valence-electron chi connectivity index (χ2n) is 3.97. The van der Waals surface area contributed by atoms with E-state index in [1.54, 1.807) is 0 Å². The Balaban J connectivity index is 2.09. The van der Waals surface area contributed by atoms with Gasteiger partial charge in [0.15, 0.2) is 0 Å². The van der Waals surface area contributed by atoms with E-state index in [1.807, 2.05) is 0 Å². The van der Waals surface area contributed by atoms with Crippen LogP contribution in [0.25, 0.3) is 0 Å². The third-order valence-electron chi connectivity index (χ3n) is 3.16. The highest BCUT2D eigenvalue weighted by Gasteiger charge is 2.39. The van der Waals surface area contributed by atoms with Gasteiger partial charge >= 0.3 is 0 Å². The van der Waals surface area contributed by atoms with Gasteiger partial charge < -0.3 is 5.32 Å². The van der Waals surface area contributed by atoms with Gasteiger partial charge in [-0.15, -0.1) is 0 Å². The molecule has 1 spiro atoms. The summed E-state index contributed by atoms with van der Waals surface area (Å²) in [6.07, 6.45) is 6.29. The number of hydrogen-bond donors (Lipinski definition) is 1. The average Bonchev–Trinajstić information content (AvgIpc) is 2.12. The van der Waals surface area contributed by atoms with Crippen molar-refractivity contribution in [3.8, 4) is 0 Å². The fourth-order valence-corrected chi connectivity index (χ4v) is 4.15. The molecule has 1 aliphatic carbocycles. The molecule has 1 atom stereocenters. The van der Waals surface area contributed by atoms with Gasteiger partial charge in [0.1, 0.15) is 0 Å². The smallest absolute Gasteiger partial charge is 0.0583 e. The molecule has 2 aliphatic rings. The zero-order valence-electron chi connectivity index (χ0n) is 7.47. The molecule has 0 aromatic carbocycles. The molecule has 1 unspecified atom stereocenters. The van der Waals surface area contributed by atoms with Crippen molar-refractivity contribution in [2.24, 2.45) is 0 Å². The predicted octanol–water partition coefficient (Wildman–Crippen LogP) is 1.04. The number of rotatable bonds is 0. The second-order valence-corrected chi connectivity index (χ2v) is 5.94. The monoisotopic (exact) mass is 187 g/mol. The zero-order valence-corrected chi connectivity index (χ0v) is 8.29. The Morgan fingerprint density at radius 3 is 2.58 bits per heavy atom. The summed E-state index contributed by atoms with van der Waals surface area (Å²) in [4.78, 5) is 0. The van der Waals surface area contributed by atoms with Crippen LogP contribution in [0, 0.1) is 0 Å². The van der Waals surface area contributed by atoms with E-state index in [-0.39, 0.29) is 4.75 Å². The maximum Gasteiger partial charge on any atom is 0.0583 e. The molecule has 0 amide bonds. The van der Waals surface area contributed by atoms with Crippen molar-refractivity contribution in [2.75, 3.05) is 18.8 Å². The minimum Gasteiger partial charge on any atom is -0.314 e. The Morgan fingerprint density at radius 1 is 1.17 bits per heavy atom. The fraction of sp³-hybridized carbons (Fsp3) is 1.00. The quantitative estimate of drug-likeness (QED) is 0.614. The molecule has 12 heavy (non-hydrogen) atoms. The zero-order chi connectivity index (χ0) is 8.44. The molecular weight excluding hydrogens is 170 g/mol. The third-order valence-corrected chi connectivity index (χ3v) is 5.25. The minimum absolute atomic E-state index is 0.177. The van der Waals surface area contributed by atoms with Gasteiger partial charge in [0, 0.05) is 29.6 Å². The van der Waals surface area contributed by atoms with E-state index < -0.39 is 10.8 Å². The maximum atomic E-state index is 11.8. The molecule has 2 fully saturated rings. The van der Waals surface area contributed by atoms with Crippen LogP contribution < -0.4 is 5.32 Å². The Morgan fingerprint density at radius 2 is 1.92 bits per heavy atom. The molecule has 70 valence electrons. The summed E-state index contributed by atoms with van der Waals surface area (Å²) in [5.74, 6) is 0.875. The summed E-state index contributed by atoms with van der Waals surface area (Å²) in [7, 11) is -0.548. The van der Waals surface area contributed by atoms with E-state index in [0.717, 1.165) is 18.8 Å². The van der Waals surface area contributed by atoms with Crippen LogP contribution in [0.4, 0.5) is 0 Å². The van der Waals surface area contributed by atoms with Crippen molar-refractivity contribution in [3.63, 3.8) is 0 Å². The topological polar surface area (TPSA) is 29.1 Å². The summed E-state index contributed by atoms with van der Waals surface area (Å²) in [5, 5.41) is 3.38. The first-order valence-electron chi connectivity index (χ1n) is 4.93. The van der Waals surface area contributed by atoms with Crippen molar-refractivity contribution in [2.45, 2.75) is 36.9 Å². The van der Waals surface area contributed by atoms with Gasteiger partial charge in [0.05, 0.1) is 4.75 Å². The van der Waals surface area contributed by atoms with E-state index in [2.05, 4.69) is 5.32 Å². The highest BCUT2D eigenvalue weighted by molar-refractivity contribution is 7.86. The average molecular weight is 187 g/mol. The van der Waals surface area contributed by atoms with Gasteiger partial charge in [-0.05, 0) is 12.8 Å². The lowest BCUT2D eigenvalue weighted by Crippen LogP contribution is -2.52. The summed E-state index contributed by atoms with van der Waals surface area (Å²) >= 11 is 0. The Labute approximate surface area is 76.6 Å². The van der Waals surface area contributed by atoms with Crippen LogP contribution in [-0.2, 0) is 10.8 Å². The lowest BCUT2D eigenvalue weighted by molar-refractivity contribution is 0.363. The Hall–Kier alpha value is 0.110. The molecular formula is C9H17NOS. The van der Waals surface area contributed by atoms with Gasteiger partial charge in [-0.3, -0.25) is 4.21 Å². The van der Waals surface area contributed by atoms with Crippen molar-refractivity contribution >= 4 is 10.8 Å². The normalized spacial score (nSPS) is 35.2. The summed E-state index contributed by atoms with van der Waals surface area (Å²) < 4.78 is 12.0. The van der Waals surface area contributed by atoms with Crippen LogP contribution >= 0.6 is 0 Å². The van der Waals surface area contributed by atoms with Crippen molar-refractivity contribution in [1.82, 2.24) is 5.32 Å². The van der Waals surface area contributed by atoms with Crippen molar-refractivity contribution in [1.29, 1.82) is 0 Å². The maximum absolute atomic E-state index is 11.8. The molecule has 0 aromatic rings. The predicted molar refractivity (Wildman–Crippen MR) is 51.7 cm³/mol. The highest BCUT2D eigenvalue weighted by atomic mass is 32.2. The standard InChI is InChI=1S/C9H17NOS/c11-12-7-6-10-8-9(12)4-2-1-3-5-9/h10H,1-8H2. The van der Waals surface area contributed by atoms with Crippen LogP contribution in [0.5, 0.6) is 0 Å². The molecule has 1 N–H and O–H groups in total. The lowest BCUT2D eigenvalue weighted by Gasteiger charge is -2.39. The Kier molecular flexibility index (Phi) is 2.51. The SMILES string of the molecule is O=S1CCNCC12CCCCC2. The molecule has 0 aromatic heterocycles. The number of hydrogen-bond acceptors (Lipinski definition) is 2. The Bertz CT molecular complexity index is 179. The molecule has 1 saturated heterocycles. The first-order valence-corrected chi connectivity index (χ1v) is 6.25. The molecule has 2 nitrogen and oxygen atoms in total. The molecule has 1 saturated carbocycles. The minimum atomic E-state index is -0.548. The van der Waals surface area contributed by atoms with E-state index in [1.165, 1.54) is 32.1 Å². The fourth-order valence-electron chi connectivity index (χ4n) is 2.38. The first-order chi connectivity index (χ1) is 5.83. The van der Waals surface area contributed by atoms with Gasteiger partial charge in [0.25, 0.3) is 0 Å². The highest BCUT2D eigenvalue weighted by Crippen LogP contribution is 2.34. The molecule has 0 bridgehead atoms.